The lowest BCUT2D eigenvalue weighted by molar-refractivity contribution is 0.0552. The average Bonchev–Trinajstić information content (AvgIpc) is 3.12. The van der Waals surface area contributed by atoms with Crippen molar-refractivity contribution in [2.24, 2.45) is 0 Å². The third-order valence-electron chi connectivity index (χ3n) is 5.96. The number of benzene rings is 1. The molecule has 0 unspecified atom stereocenters. The van der Waals surface area contributed by atoms with Gasteiger partial charge < -0.3 is 9.47 Å². The van der Waals surface area contributed by atoms with Crippen LogP contribution in [0.1, 0.15) is 24.8 Å². The molecule has 0 N–H and O–H groups in total. The molecule has 0 amide bonds. The first kappa shape index (κ1) is 18.2. The van der Waals surface area contributed by atoms with E-state index in [-0.39, 0.29) is 0 Å². The van der Waals surface area contributed by atoms with Gasteiger partial charge in [0, 0.05) is 37.3 Å². The third kappa shape index (κ3) is 3.90. The summed E-state index contributed by atoms with van der Waals surface area (Å²) in [6.07, 6.45) is 8.54. The van der Waals surface area contributed by atoms with Gasteiger partial charge in [-0.2, -0.15) is 11.8 Å². The van der Waals surface area contributed by atoms with Gasteiger partial charge >= 0.3 is 0 Å². The van der Waals surface area contributed by atoms with Gasteiger partial charge in [0.25, 0.3) is 0 Å². The number of hydrogen-bond acceptors (Lipinski definition) is 5. The summed E-state index contributed by atoms with van der Waals surface area (Å²) in [5, 5.41) is 0. The topological polar surface area (TPSA) is 24.9 Å². The monoisotopic (exact) mass is 374 g/mol. The van der Waals surface area contributed by atoms with Crippen LogP contribution < -0.4 is 9.47 Å². The number of methoxy groups -OCH3 is 1. The summed E-state index contributed by atoms with van der Waals surface area (Å²) in [6.45, 7) is 5.48. The van der Waals surface area contributed by atoms with Gasteiger partial charge in [-0.15, -0.1) is 0 Å². The Bertz CT molecular complexity index is 663. The summed E-state index contributed by atoms with van der Waals surface area (Å²) in [5.41, 5.74) is 2.53. The molecule has 0 aromatic heterocycles. The fourth-order valence-electron chi connectivity index (χ4n) is 4.55. The smallest absolute Gasteiger partial charge is 0.127 e. The first-order valence-electron chi connectivity index (χ1n) is 9.74. The molecule has 26 heavy (non-hydrogen) atoms. The maximum Gasteiger partial charge on any atom is 0.127 e. The molecule has 0 aliphatic carbocycles. The van der Waals surface area contributed by atoms with Crippen LogP contribution >= 0.6 is 11.8 Å². The zero-order chi connectivity index (χ0) is 17.9. The summed E-state index contributed by atoms with van der Waals surface area (Å²) in [6, 6.07) is 7.49. The van der Waals surface area contributed by atoms with Crippen LogP contribution in [0, 0.1) is 0 Å². The number of piperazine rings is 1. The van der Waals surface area contributed by atoms with Gasteiger partial charge in [0.15, 0.2) is 0 Å². The van der Waals surface area contributed by atoms with Crippen LogP contribution in [-0.4, -0.2) is 73.8 Å². The lowest BCUT2D eigenvalue weighted by Gasteiger charge is -2.44. The van der Waals surface area contributed by atoms with E-state index in [1.165, 1.54) is 50.2 Å². The Labute approximate surface area is 161 Å². The molecule has 3 heterocycles. The van der Waals surface area contributed by atoms with Crippen molar-refractivity contribution in [2.75, 3.05) is 51.9 Å². The van der Waals surface area contributed by atoms with Crippen LogP contribution in [0.4, 0.5) is 0 Å². The standard InChI is InChI=1S/C21H30N2O2S/c1-24-20-5-6-21-17(11-20)10-16(15-25-21)12-23-14-18-4-3-8-22(18)13-19(23)7-9-26-2/h5-6,10-11,18-19H,3-4,7-9,12-15H2,1-2H3/t18-,19-/m0/s1. The summed E-state index contributed by atoms with van der Waals surface area (Å²) >= 11 is 1.97. The zero-order valence-electron chi connectivity index (χ0n) is 15.9. The maximum atomic E-state index is 6.02. The fraction of sp³-hybridized carbons (Fsp3) is 0.619. The van der Waals surface area contributed by atoms with E-state index in [1.54, 1.807) is 7.11 Å². The van der Waals surface area contributed by atoms with Crippen molar-refractivity contribution in [1.82, 2.24) is 9.80 Å². The van der Waals surface area contributed by atoms with Crippen LogP contribution in [0.25, 0.3) is 6.08 Å². The Kier molecular flexibility index (Phi) is 5.77. The minimum absolute atomic E-state index is 0.671. The van der Waals surface area contributed by atoms with E-state index in [0.29, 0.717) is 12.6 Å². The quantitative estimate of drug-likeness (QED) is 0.760. The Morgan fingerprint density at radius 1 is 1.31 bits per heavy atom. The van der Waals surface area contributed by atoms with Gasteiger partial charge in [0.2, 0.25) is 0 Å². The van der Waals surface area contributed by atoms with E-state index in [1.807, 2.05) is 23.9 Å². The number of nitrogens with zero attached hydrogens (tertiary/aromatic N) is 2. The predicted molar refractivity (Wildman–Crippen MR) is 109 cm³/mol. The van der Waals surface area contributed by atoms with Crippen molar-refractivity contribution >= 4 is 17.8 Å². The van der Waals surface area contributed by atoms with Gasteiger partial charge in [0.1, 0.15) is 18.1 Å². The van der Waals surface area contributed by atoms with Gasteiger partial charge in [-0.1, -0.05) is 0 Å². The Hall–Kier alpha value is -1.17. The molecule has 1 aromatic rings. The van der Waals surface area contributed by atoms with E-state index < -0.39 is 0 Å². The normalized spacial score (nSPS) is 26.0. The Balaban J connectivity index is 1.49. The summed E-state index contributed by atoms with van der Waals surface area (Å²) in [4.78, 5) is 5.45. The molecule has 0 spiro atoms. The SMILES string of the molecule is COc1ccc2c(c1)C=C(CN1C[C@@H]3CCCN3C[C@@H]1CCSC)CO2. The zero-order valence-corrected chi connectivity index (χ0v) is 16.8. The number of hydrogen-bond donors (Lipinski definition) is 0. The second-order valence-electron chi connectivity index (χ2n) is 7.65. The van der Waals surface area contributed by atoms with Crippen molar-refractivity contribution < 1.29 is 9.47 Å². The summed E-state index contributed by atoms with van der Waals surface area (Å²) in [7, 11) is 1.72. The lowest BCUT2D eigenvalue weighted by atomic mass is 10.0. The van der Waals surface area contributed by atoms with Crippen LogP contribution in [-0.2, 0) is 0 Å². The first-order valence-corrected chi connectivity index (χ1v) is 11.1. The molecular formula is C21H30N2O2S. The van der Waals surface area contributed by atoms with Gasteiger partial charge in [0.05, 0.1) is 7.11 Å². The molecule has 4 nitrogen and oxygen atoms in total. The first-order chi connectivity index (χ1) is 12.8. The molecule has 142 valence electrons. The highest BCUT2D eigenvalue weighted by Crippen LogP contribution is 2.32. The van der Waals surface area contributed by atoms with Crippen LogP contribution in [0.2, 0.25) is 0 Å². The fourth-order valence-corrected chi connectivity index (χ4v) is 5.06. The van der Waals surface area contributed by atoms with Gasteiger partial charge in [-0.05, 0) is 67.7 Å². The van der Waals surface area contributed by atoms with Crippen LogP contribution in [0.15, 0.2) is 23.8 Å². The molecule has 1 aromatic carbocycles. The minimum atomic E-state index is 0.671. The molecule has 3 aliphatic rings. The number of ether oxygens (including phenoxy) is 2. The number of fused-ring (bicyclic) bond motifs is 2. The maximum absolute atomic E-state index is 6.02. The molecule has 4 rings (SSSR count). The van der Waals surface area contributed by atoms with E-state index in [2.05, 4.69) is 28.2 Å². The molecule has 0 saturated carbocycles. The van der Waals surface area contributed by atoms with Gasteiger partial charge in [-0.3, -0.25) is 9.80 Å². The molecule has 3 aliphatic heterocycles. The van der Waals surface area contributed by atoms with Crippen molar-refractivity contribution in [3.63, 3.8) is 0 Å². The van der Waals surface area contributed by atoms with Crippen LogP contribution in [0.5, 0.6) is 11.5 Å². The second-order valence-corrected chi connectivity index (χ2v) is 8.64. The summed E-state index contributed by atoms with van der Waals surface area (Å²) in [5.74, 6) is 3.10. The molecular weight excluding hydrogens is 344 g/mol. The predicted octanol–water partition coefficient (Wildman–Crippen LogP) is 3.37. The average molecular weight is 375 g/mol. The van der Waals surface area contributed by atoms with E-state index in [4.69, 9.17) is 9.47 Å². The minimum Gasteiger partial charge on any atom is -0.497 e. The highest BCUT2D eigenvalue weighted by Gasteiger charge is 2.36. The van der Waals surface area contributed by atoms with Gasteiger partial charge in [-0.25, -0.2) is 0 Å². The van der Waals surface area contributed by atoms with E-state index in [0.717, 1.165) is 29.6 Å². The van der Waals surface area contributed by atoms with Crippen molar-refractivity contribution in [1.29, 1.82) is 0 Å². The highest BCUT2D eigenvalue weighted by atomic mass is 32.2. The summed E-state index contributed by atoms with van der Waals surface area (Å²) < 4.78 is 11.4. The lowest BCUT2D eigenvalue weighted by Crippen LogP contribution is -2.56. The molecule has 2 saturated heterocycles. The number of rotatable bonds is 6. The number of thioether (sulfide) groups is 1. The second kappa shape index (κ2) is 8.24. The van der Waals surface area contributed by atoms with Crippen molar-refractivity contribution in [3.8, 4) is 11.5 Å². The largest absolute Gasteiger partial charge is 0.497 e. The molecule has 5 heteroatoms. The van der Waals surface area contributed by atoms with Crippen molar-refractivity contribution in [3.05, 3.63) is 29.3 Å². The Morgan fingerprint density at radius 2 is 2.23 bits per heavy atom. The van der Waals surface area contributed by atoms with Crippen LogP contribution in [0.3, 0.4) is 0 Å². The van der Waals surface area contributed by atoms with E-state index >= 15 is 0 Å². The third-order valence-corrected chi connectivity index (χ3v) is 6.60. The molecule has 0 bridgehead atoms. The highest BCUT2D eigenvalue weighted by molar-refractivity contribution is 7.98. The van der Waals surface area contributed by atoms with Crippen molar-refractivity contribution in [2.45, 2.75) is 31.3 Å². The molecule has 0 radical (unpaired) electrons. The van der Waals surface area contributed by atoms with E-state index in [9.17, 15) is 0 Å². The molecule has 2 fully saturated rings. The molecule has 2 atom stereocenters. The Morgan fingerprint density at radius 3 is 3.08 bits per heavy atom.